The second kappa shape index (κ2) is 18.0. The zero-order chi connectivity index (χ0) is 39.7. The fourth-order valence-electron chi connectivity index (χ4n) is 6.08. The normalized spacial score (nSPS) is 13.7. The molecule has 7 rings (SSSR count). The number of hydrogen-bond donors (Lipinski definition) is 1. The lowest BCUT2D eigenvalue weighted by atomic mass is 9.95. The van der Waals surface area contributed by atoms with E-state index < -0.39 is 5.97 Å². The van der Waals surface area contributed by atoms with Crippen LogP contribution in [0.2, 0.25) is 0 Å². The fourth-order valence-corrected chi connectivity index (χ4v) is 8.55. The second-order valence-electron chi connectivity index (χ2n) is 12.9. The summed E-state index contributed by atoms with van der Waals surface area (Å²) in [7, 11) is 1.65. The van der Waals surface area contributed by atoms with E-state index >= 15 is 0 Å². The maximum atomic E-state index is 12.5. The molecule has 1 aliphatic heterocycles. The molecule has 0 fully saturated rings. The number of hydrogen-bond acceptors (Lipinski definition) is 9. The van der Waals surface area contributed by atoms with Crippen LogP contribution < -0.4 is 9.64 Å². The third kappa shape index (κ3) is 9.72. The molecule has 10 heteroatoms. The molecule has 2 heterocycles. The summed E-state index contributed by atoms with van der Waals surface area (Å²) in [5.74, 6) is -0.368. The van der Waals surface area contributed by atoms with E-state index in [2.05, 4.69) is 102 Å². The number of methoxy groups -OCH3 is 1. The number of aliphatic carboxylic acids is 1. The van der Waals surface area contributed by atoms with E-state index in [0.29, 0.717) is 9.95 Å². The van der Waals surface area contributed by atoms with Crippen molar-refractivity contribution in [3.05, 3.63) is 183 Å². The Bertz CT molecular complexity index is 2570. The van der Waals surface area contributed by atoms with E-state index in [4.69, 9.17) is 9.84 Å². The number of aryl methyl sites for hydroxylation is 1. The number of thiophene rings is 1. The van der Waals surface area contributed by atoms with Gasteiger partial charge in [0.25, 0.3) is 0 Å². The second-order valence-corrected chi connectivity index (χ2v) is 16.2. The first kappa shape index (κ1) is 38.9. The first-order chi connectivity index (χ1) is 27.8. The number of thioether (sulfide) groups is 2. The smallest absolute Gasteiger partial charge is 0.313 e. The molecule has 0 aliphatic carbocycles. The maximum absolute atomic E-state index is 12.5. The van der Waals surface area contributed by atoms with Crippen molar-refractivity contribution >= 4 is 96.8 Å². The minimum Gasteiger partial charge on any atom is -0.497 e. The first-order valence-corrected chi connectivity index (χ1v) is 20.5. The Morgan fingerprint density at radius 3 is 2.00 bits per heavy atom. The summed E-state index contributed by atoms with van der Waals surface area (Å²) < 4.78 is 5.87. The topological polar surface area (TPSA) is 103 Å². The van der Waals surface area contributed by atoms with Gasteiger partial charge in [0.05, 0.1) is 18.4 Å². The summed E-state index contributed by atoms with van der Waals surface area (Å²) in [6.07, 6.45) is 5.74. The molecule has 0 atom stereocenters. The van der Waals surface area contributed by atoms with E-state index in [1.807, 2.05) is 72.8 Å². The van der Waals surface area contributed by atoms with Gasteiger partial charge in [-0.15, -0.1) is 11.3 Å². The minimum atomic E-state index is -0.970. The predicted molar refractivity (Wildman–Crippen MR) is 238 cm³/mol. The Morgan fingerprint density at radius 2 is 1.40 bits per heavy atom. The molecule has 6 aromatic rings. The molecule has 0 saturated heterocycles. The molecule has 1 aliphatic rings. The van der Waals surface area contributed by atoms with Crippen LogP contribution in [0.3, 0.4) is 0 Å². The largest absolute Gasteiger partial charge is 0.497 e. The average molecular weight is 802 g/mol. The molecule has 1 N–H and O–H groups in total. The lowest BCUT2D eigenvalue weighted by Crippen LogP contribution is -2.09. The molecular weight excluding hydrogens is 767 g/mol. The number of benzene rings is 5. The van der Waals surface area contributed by atoms with Crippen molar-refractivity contribution in [1.29, 1.82) is 5.26 Å². The van der Waals surface area contributed by atoms with Crippen LogP contribution in [-0.4, -0.2) is 33.4 Å². The minimum absolute atomic E-state index is 0.164. The van der Waals surface area contributed by atoms with Gasteiger partial charge in [-0.3, -0.25) is 9.59 Å². The molecule has 5 aromatic carbocycles. The van der Waals surface area contributed by atoms with Crippen molar-refractivity contribution in [2.24, 2.45) is 4.99 Å². The summed E-state index contributed by atoms with van der Waals surface area (Å²) >= 11 is 3.33. The molecule has 280 valence electrons. The van der Waals surface area contributed by atoms with Crippen LogP contribution >= 0.6 is 34.9 Å². The molecule has 0 unspecified atom stereocenters. The third-order valence-electron chi connectivity index (χ3n) is 8.91. The molecule has 0 spiro atoms. The number of aliphatic imine (C=N–C) groups is 1. The highest BCUT2D eigenvalue weighted by molar-refractivity contribution is 8.45. The van der Waals surface area contributed by atoms with Crippen LogP contribution in [0.4, 0.5) is 17.1 Å². The molecule has 57 heavy (non-hydrogen) atoms. The van der Waals surface area contributed by atoms with Crippen LogP contribution in [0, 0.1) is 18.3 Å². The molecule has 0 saturated carbocycles. The third-order valence-corrected chi connectivity index (χ3v) is 12.0. The van der Waals surface area contributed by atoms with Gasteiger partial charge in [-0.1, -0.05) is 96.2 Å². The number of nitrogens with zero attached hydrogens (tertiary/aromatic N) is 3. The summed E-state index contributed by atoms with van der Waals surface area (Å²) in [4.78, 5) is 31.4. The van der Waals surface area contributed by atoms with Crippen molar-refractivity contribution in [3.63, 3.8) is 0 Å². The fraction of sp³-hybridized carbons (Fsp3) is 0.0638. The van der Waals surface area contributed by atoms with E-state index in [-0.39, 0.29) is 16.6 Å². The maximum Gasteiger partial charge on any atom is 0.313 e. The van der Waals surface area contributed by atoms with Gasteiger partial charge in [0, 0.05) is 26.8 Å². The van der Waals surface area contributed by atoms with Crippen molar-refractivity contribution in [1.82, 2.24) is 0 Å². The highest BCUT2D eigenvalue weighted by atomic mass is 32.2. The van der Waals surface area contributed by atoms with Crippen LogP contribution in [-0.2, 0) is 9.59 Å². The standard InChI is InChI=1S/C47H35N3O4S3/c1-31-8-14-35(15-9-31)42(34-6-4-3-5-7-34)27-33-12-18-38(19-13-33)50(39-20-22-40(54-2)23-21-39)37-16-10-32(11-17-37)26-36(29-48)44-25-24-41(56-44)28-43-46(53)57-47(49-43)55-30-45(51)52/h3-28H,30H2,1-2H3,(H,51,52)/b36-26+,42-27+,43-28-. The molecule has 7 nitrogen and oxygen atoms in total. The zero-order valence-electron chi connectivity index (χ0n) is 31.0. The van der Waals surface area contributed by atoms with E-state index in [1.54, 1.807) is 13.2 Å². The Labute approximate surface area is 344 Å². The monoisotopic (exact) mass is 801 g/mol. The summed E-state index contributed by atoms with van der Waals surface area (Å²) in [5.41, 5.74) is 10.2. The number of carbonyl (C=O) groups excluding carboxylic acids is 1. The van der Waals surface area contributed by atoms with Crippen molar-refractivity contribution in [2.75, 3.05) is 17.8 Å². The lowest BCUT2D eigenvalue weighted by Gasteiger charge is -2.26. The lowest BCUT2D eigenvalue weighted by molar-refractivity contribution is -0.133. The molecule has 0 bridgehead atoms. The van der Waals surface area contributed by atoms with Gasteiger partial charge in [0.1, 0.15) is 21.9 Å². The van der Waals surface area contributed by atoms with E-state index in [1.165, 1.54) is 16.9 Å². The number of ether oxygens (including phenoxy) is 1. The highest BCUT2D eigenvalue weighted by Crippen LogP contribution is 2.37. The van der Waals surface area contributed by atoms with E-state index in [9.17, 15) is 14.9 Å². The van der Waals surface area contributed by atoms with Gasteiger partial charge >= 0.3 is 5.97 Å². The number of carboxylic acids is 1. The van der Waals surface area contributed by atoms with Crippen LogP contribution in [0.25, 0.3) is 29.4 Å². The van der Waals surface area contributed by atoms with Crippen molar-refractivity contribution in [3.8, 4) is 11.8 Å². The first-order valence-electron chi connectivity index (χ1n) is 17.8. The Balaban J connectivity index is 1.16. The number of carbonyl (C=O) groups is 2. The van der Waals surface area contributed by atoms with Gasteiger partial charge in [-0.25, -0.2) is 4.99 Å². The number of nitriles is 1. The number of anilines is 3. The molecular formula is C47H35N3O4S3. The Kier molecular flexibility index (Phi) is 12.3. The van der Waals surface area contributed by atoms with Gasteiger partial charge in [-0.2, -0.15) is 5.26 Å². The quantitative estimate of drug-likeness (QED) is 0.0741. The molecule has 1 aromatic heterocycles. The summed E-state index contributed by atoms with van der Waals surface area (Å²) in [5, 5.41) is 18.8. The van der Waals surface area contributed by atoms with Gasteiger partial charge < -0.3 is 14.7 Å². The molecule has 0 amide bonds. The SMILES string of the molecule is COc1ccc(N(c2ccc(/C=C(\c3ccccc3)c3ccc(C)cc3)cc2)c2ccc(/C=C(\C#N)c3ccc(/C=C4\N=C(SCC(=O)O)SC4=O)s3)cc2)cc1. The number of allylic oxidation sites excluding steroid dienone is 1. The highest BCUT2D eigenvalue weighted by Gasteiger charge is 2.23. The van der Waals surface area contributed by atoms with Gasteiger partial charge in [0.15, 0.2) is 0 Å². The Morgan fingerprint density at radius 1 is 0.807 bits per heavy atom. The average Bonchev–Trinajstić information content (AvgIpc) is 3.86. The summed E-state index contributed by atoms with van der Waals surface area (Å²) in [6.45, 7) is 2.10. The van der Waals surface area contributed by atoms with Crippen LogP contribution in [0.15, 0.2) is 150 Å². The molecule has 0 radical (unpaired) electrons. The number of carboxylic acid groups (broad SMARTS) is 1. The van der Waals surface area contributed by atoms with Crippen molar-refractivity contribution in [2.45, 2.75) is 6.92 Å². The zero-order valence-corrected chi connectivity index (χ0v) is 33.4. The van der Waals surface area contributed by atoms with E-state index in [0.717, 1.165) is 83.9 Å². The predicted octanol–water partition coefficient (Wildman–Crippen LogP) is 12.0. The Hall–Kier alpha value is -6.38. The van der Waals surface area contributed by atoms with Crippen molar-refractivity contribution < 1.29 is 19.4 Å². The van der Waals surface area contributed by atoms with Crippen LogP contribution in [0.1, 0.15) is 37.6 Å². The van der Waals surface area contributed by atoms with Gasteiger partial charge in [0.2, 0.25) is 5.12 Å². The van der Waals surface area contributed by atoms with Crippen LogP contribution in [0.5, 0.6) is 5.75 Å². The summed E-state index contributed by atoms with van der Waals surface area (Å²) in [6, 6.07) is 49.6. The van der Waals surface area contributed by atoms with Gasteiger partial charge in [-0.05, 0) is 125 Å². The number of rotatable bonds is 12.